The van der Waals surface area contributed by atoms with Crippen LogP contribution in [0.4, 0.5) is 0 Å². The molecule has 2 aliphatic heterocycles. The molecule has 2 aliphatic rings. The molecule has 0 aliphatic carbocycles. The third kappa shape index (κ3) is 5.50. The van der Waals surface area contributed by atoms with Crippen molar-refractivity contribution in [2.75, 3.05) is 72.5 Å². The SMILES string of the molecule is CN1CCN(CCN2CCN(OC(=O)C(C)(C)C)CC2)CC1. The van der Waals surface area contributed by atoms with E-state index in [-0.39, 0.29) is 5.97 Å². The van der Waals surface area contributed by atoms with Gasteiger partial charge in [-0.15, -0.1) is 5.06 Å². The third-order valence-corrected chi connectivity index (χ3v) is 4.48. The van der Waals surface area contributed by atoms with Gasteiger partial charge in [-0.3, -0.25) is 9.80 Å². The first kappa shape index (κ1) is 17.7. The maximum atomic E-state index is 11.9. The Balaban J connectivity index is 1.62. The number of hydrogen-bond donors (Lipinski definition) is 0. The Morgan fingerprint density at radius 1 is 0.864 bits per heavy atom. The van der Waals surface area contributed by atoms with E-state index >= 15 is 0 Å². The van der Waals surface area contributed by atoms with Crippen LogP contribution >= 0.6 is 0 Å². The molecule has 0 radical (unpaired) electrons. The molecule has 6 nitrogen and oxygen atoms in total. The molecule has 0 aromatic carbocycles. The topological polar surface area (TPSA) is 39.3 Å². The molecule has 0 spiro atoms. The van der Waals surface area contributed by atoms with Gasteiger partial charge in [-0.05, 0) is 27.8 Å². The lowest BCUT2D eigenvalue weighted by atomic mass is 9.98. The van der Waals surface area contributed by atoms with Gasteiger partial charge in [-0.25, -0.2) is 4.79 Å². The van der Waals surface area contributed by atoms with Gasteiger partial charge in [0.15, 0.2) is 0 Å². The van der Waals surface area contributed by atoms with Crippen LogP contribution in [0.15, 0.2) is 0 Å². The quantitative estimate of drug-likeness (QED) is 0.746. The maximum Gasteiger partial charge on any atom is 0.330 e. The summed E-state index contributed by atoms with van der Waals surface area (Å²) in [5, 5.41) is 1.82. The Labute approximate surface area is 134 Å². The van der Waals surface area contributed by atoms with Gasteiger partial charge in [0.05, 0.1) is 5.41 Å². The number of rotatable bonds is 4. The zero-order chi connectivity index (χ0) is 16.2. The summed E-state index contributed by atoms with van der Waals surface area (Å²) in [4.78, 5) is 24.8. The van der Waals surface area contributed by atoms with E-state index in [0.717, 1.165) is 39.3 Å². The van der Waals surface area contributed by atoms with Crippen LogP contribution in [0.3, 0.4) is 0 Å². The fourth-order valence-electron chi connectivity index (χ4n) is 2.65. The van der Waals surface area contributed by atoms with E-state index in [1.165, 1.54) is 26.2 Å². The predicted molar refractivity (Wildman–Crippen MR) is 87.5 cm³/mol. The fourth-order valence-corrected chi connectivity index (χ4v) is 2.65. The minimum absolute atomic E-state index is 0.140. The molecule has 0 bridgehead atoms. The Bertz CT molecular complexity index is 354. The van der Waals surface area contributed by atoms with E-state index in [1.54, 1.807) is 0 Å². The second-order valence-corrected chi connectivity index (χ2v) is 7.54. The summed E-state index contributed by atoms with van der Waals surface area (Å²) in [5.41, 5.74) is -0.432. The van der Waals surface area contributed by atoms with Gasteiger partial charge in [0, 0.05) is 65.4 Å². The first-order valence-electron chi connectivity index (χ1n) is 8.45. The summed E-state index contributed by atoms with van der Waals surface area (Å²) in [6.45, 7) is 16.2. The van der Waals surface area contributed by atoms with E-state index in [4.69, 9.17) is 4.84 Å². The number of hydroxylamine groups is 2. The Hall–Kier alpha value is -0.690. The van der Waals surface area contributed by atoms with Crippen LogP contribution in [-0.2, 0) is 9.63 Å². The second kappa shape index (κ2) is 7.73. The van der Waals surface area contributed by atoms with Crippen molar-refractivity contribution in [2.45, 2.75) is 20.8 Å². The van der Waals surface area contributed by atoms with Gasteiger partial charge in [0.1, 0.15) is 0 Å². The molecule has 128 valence electrons. The molecule has 2 rings (SSSR count). The number of carbonyl (C=O) groups excluding carboxylic acids is 1. The number of hydrogen-bond acceptors (Lipinski definition) is 6. The predicted octanol–water partition coefficient (Wildman–Crippen LogP) is 0.356. The highest BCUT2D eigenvalue weighted by Gasteiger charge is 2.27. The molecule has 0 N–H and O–H groups in total. The highest BCUT2D eigenvalue weighted by molar-refractivity contribution is 5.75. The Kier molecular flexibility index (Phi) is 6.20. The molecule has 0 atom stereocenters. The number of likely N-dealkylation sites (N-methyl/N-ethyl adjacent to an activating group) is 1. The zero-order valence-corrected chi connectivity index (χ0v) is 14.7. The summed E-state index contributed by atoms with van der Waals surface area (Å²) in [7, 11) is 2.19. The van der Waals surface area contributed by atoms with Crippen LogP contribution in [0.25, 0.3) is 0 Å². The largest absolute Gasteiger partial charge is 0.367 e. The van der Waals surface area contributed by atoms with Crippen molar-refractivity contribution in [2.24, 2.45) is 5.41 Å². The third-order valence-electron chi connectivity index (χ3n) is 4.48. The van der Waals surface area contributed by atoms with Gasteiger partial charge in [0.25, 0.3) is 0 Å². The van der Waals surface area contributed by atoms with Crippen molar-refractivity contribution >= 4 is 5.97 Å². The monoisotopic (exact) mass is 312 g/mol. The summed E-state index contributed by atoms with van der Waals surface area (Å²) in [5.74, 6) is -0.140. The maximum absolute atomic E-state index is 11.9. The van der Waals surface area contributed by atoms with Crippen LogP contribution in [0.5, 0.6) is 0 Å². The molecule has 2 fully saturated rings. The van der Waals surface area contributed by atoms with E-state index in [0.29, 0.717) is 0 Å². The molecule has 2 saturated heterocycles. The van der Waals surface area contributed by atoms with Crippen LogP contribution < -0.4 is 0 Å². The number of carbonyl (C=O) groups is 1. The van der Waals surface area contributed by atoms with E-state index in [2.05, 4.69) is 21.7 Å². The lowest BCUT2D eigenvalue weighted by Crippen LogP contribution is -2.51. The van der Waals surface area contributed by atoms with Crippen molar-refractivity contribution in [3.05, 3.63) is 0 Å². The van der Waals surface area contributed by atoms with Gasteiger partial charge < -0.3 is 9.74 Å². The first-order chi connectivity index (χ1) is 10.3. The lowest BCUT2D eigenvalue weighted by Gasteiger charge is -2.37. The summed E-state index contributed by atoms with van der Waals surface area (Å²) in [6, 6.07) is 0. The molecule has 0 saturated carbocycles. The summed E-state index contributed by atoms with van der Waals surface area (Å²) < 4.78 is 0. The fraction of sp³-hybridized carbons (Fsp3) is 0.938. The second-order valence-electron chi connectivity index (χ2n) is 7.54. The molecular formula is C16H32N4O2. The van der Waals surface area contributed by atoms with E-state index in [1.807, 2.05) is 25.8 Å². The molecule has 0 unspecified atom stereocenters. The van der Waals surface area contributed by atoms with Crippen LogP contribution in [0, 0.1) is 5.41 Å². The van der Waals surface area contributed by atoms with Crippen molar-refractivity contribution in [3.8, 4) is 0 Å². The van der Waals surface area contributed by atoms with E-state index < -0.39 is 5.41 Å². The molecule has 6 heteroatoms. The van der Waals surface area contributed by atoms with Crippen LogP contribution in [0.1, 0.15) is 20.8 Å². The highest BCUT2D eigenvalue weighted by atomic mass is 16.7. The number of piperazine rings is 2. The molecular weight excluding hydrogens is 280 g/mol. The molecule has 22 heavy (non-hydrogen) atoms. The van der Waals surface area contributed by atoms with Crippen molar-refractivity contribution < 1.29 is 9.63 Å². The van der Waals surface area contributed by atoms with Crippen molar-refractivity contribution in [3.63, 3.8) is 0 Å². The average molecular weight is 312 g/mol. The molecule has 2 heterocycles. The molecule has 0 aromatic heterocycles. The Morgan fingerprint density at radius 3 is 1.77 bits per heavy atom. The molecule has 0 amide bonds. The van der Waals surface area contributed by atoms with Crippen LogP contribution in [-0.4, -0.2) is 98.2 Å². The summed E-state index contributed by atoms with van der Waals surface area (Å²) >= 11 is 0. The van der Waals surface area contributed by atoms with Gasteiger partial charge in [-0.2, -0.15) is 0 Å². The van der Waals surface area contributed by atoms with E-state index in [9.17, 15) is 4.79 Å². The first-order valence-corrected chi connectivity index (χ1v) is 8.45. The molecule has 0 aromatic rings. The van der Waals surface area contributed by atoms with Gasteiger partial charge >= 0.3 is 5.97 Å². The van der Waals surface area contributed by atoms with Crippen molar-refractivity contribution in [1.82, 2.24) is 19.8 Å². The zero-order valence-electron chi connectivity index (χ0n) is 14.7. The standard InChI is InChI=1S/C16H32N4O2/c1-16(2,3)15(21)22-20-13-11-19(12-14-20)10-9-18-7-5-17(4)6-8-18/h5-14H2,1-4H3. The Morgan fingerprint density at radius 2 is 1.32 bits per heavy atom. The lowest BCUT2D eigenvalue weighted by molar-refractivity contribution is -0.206. The summed E-state index contributed by atoms with van der Waals surface area (Å²) in [6.07, 6.45) is 0. The van der Waals surface area contributed by atoms with Gasteiger partial charge in [0.2, 0.25) is 0 Å². The number of nitrogens with zero attached hydrogens (tertiary/aromatic N) is 4. The smallest absolute Gasteiger partial charge is 0.330 e. The average Bonchev–Trinajstić information content (AvgIpc) is 2.47. The highest BCUT2D eigenvalue weighted by Crippen LogP contribution is 2.16. The van der Waals surface area contributed by atoms with Crippen molar-refractivity contribution in [1.29, 1.82) is 0 Å². The minimum Gasteiger partial charge on any atom is -0.367 e. The van der Waals surface area contributed by atoms with Crippen LogP contribution in [0.2, 0.25) is 0 Å². The van der Waals surface area contributed by atoms with Gasteiger partial charge in [-0.1, -0.05) is 0 Å². The normalized spacial score (nSPS) is 23.6. The minimum atomic E-state index is -0.432.